The van der Waals surface area contributed by atoms with E-state index in [9.17, 15) is 14.7 Å². The second-order valence-corrected chi connectivity index (χ2v) is 7.96. The van der Waals surface area contributed by atoms with Crippen LogP contribution in [0.25, 0.3) is 0 Å². The van der Waals surface area contributed by atoms with Gasteiger partial charge < -0.3 is 15.3 Å². The number of rotatable bonds is 6. The molecular weight excluding hydrogens is 304 g/mol. The fourth-order valence-corrected chi connectivity index (χ4v) is 4.26. The van der Waals surface area contributed by atoms with Crippen molar-refractivity contribution in [3.05, 3.63) is 0 Å². The molecule has 1 unspecified atom stereocenters. The van der Waals surface area contributed by atoms with Gasteiger partial charge >= 0.3 is 12.0 Å². The molecule has 0 aliphatic heterocycles. The molecule has 2 aliphatic carbocycles. The first-order chi connectivity index (χ1) is 11.5. The van der Waals surface area contributed by atoms with Crippen molar-refractivity contribution in [1.82, 2.24) is 10.2 Å². The first kappa shape index (κ1) is 19.1. The number of nitrogens with zero attached hydrogens (tertiary/aromatic N) is 1. The average Bonchev–Trinajstić information content (AvgIpc) is 2.56. The van der Waals surface area contributed by atoms with Gasteiger partial charge in [-0.15, -0.1) is 0 Å². The molecular formula is C19H34N2O3. The third kappa shape index (κ3) is 5.38. The van der Waals surface area contributed by atoms with E-state index >= 15 is 0 Å². The topological polar surface area (TPSA) is 69.6 Å². The van der Waals surface area contributed by atoms with Gasteiger partial charge in [-0.25, -0.2) is 9.59 Å². The molecule has 0 bridgehead atoms. The van der Waals surface area contributed by atoms with Gasteiger partial charge in [0, 0.05) is 12.1 Å². The monoisotopic (exact) mass is 338 g/mol. The third-order valence-electron chi connectivity index (χ3n) is 5.47. The van der Waals surface area contributed by atoms with Crippen LogP contribution >= 0.6 is 0 Å². The number of hydrogen-bond donors (Lipinski definition) is 2. The Balaban J connectivity index is 2.08. The Morgan fingerprint density at radius 2 is 1.42 bits per heavy atom. The van der Waals surface area contributed by atoms with Crippen LogP contribution in [0.2, 0.25) is 0 Å². The molecule has 0 radical (unpaired) electrons. The van der Waals surface area contributed by atoms with Crippen LogP contribution in [0, 0.1) is 5.92 Å². The summed E-state index contributed by atoms with van der Waals surface area (Å²) in [5, 5.41) is 12.3. The Bertz CT molecular complexity index is 395. The number of urea groups is 1. The van der Waals surface area contributed by atoms with E-state index in [0.717, 1.165) is 25.7 Å². The van der Waals surface area contributed by atoms with E-state index in [4.69, 9.17) is 0 Å². The van der Waals surface area contributed by atoms with Gasteiger partial charge in [0.25, 0.3) is 0 Å². The molecule has 2 amide bonds. The number of carboxylic acids is 1. The van der Waals surface area contributed by atoms with Crippen molar-refractivity contribution in [2.45, 2.75) is 103 Å². The summed E-state index contributed by atoms with van der Waals surface area (Å²) >= 11 is 0. The first-order valence-corrected chi connectivity index (χ1v) is 9.80. The molecule has 5 nitrogen and oxygen atoms in total. The molecule has 2 N–H and O–H groups in total. The number of amides is 2. The molecule has 0 aromatic carbocycles. The Hall–Kier alpha value is -1.26. The maximum atomic E-state index is 13.0. The molecule has 2 rings (SSSR count). The summed E-state index contributed by atoms with van der Waals surface area (Å²) in [7, 11) is 0. The van der Waals surface area contributed by atoms with Gasteiger partial charge in [-0.2, -0.15) is 0 Å². The van der Waals surface area contributed by atoms with Gasteiger partial charge in [0.15, 0.2) is 0 Å². The number of carboxylic acid groups (broad SMARTS) is 1. The second kappa shape index (κ2) is 9.28. The Kier molecular flexibility index (Phi) is 7.38. The summed E-state index contributed by atoms with van der Waals surface area (Å²) in [5.41, 5.74) is 0. The predicted octanol–water partition coefficient (Wildman–Crippen LogP) is 4.16. The largest absolute Gasteiger partial charge is 0.480 e. The minimum Gasteiger partial charge on any atom is -0.480 e. The maximum absolute atomic E-state index is 13.0. The van der Waals surface area contributed by atoms with E-state index in [0.29, 0.717) is 6.42 Å². The van der Waals surface area contributed by atoms with E-state index < -0.39 is 12.0 Å². The number of carbonyl (C=O) groups is 2. The molecule has 0 heterocycles. The van der Waals surface area contributed by atoms with Crippen molar-refractivity contribution in [3.8, 4) is 0 Å². The van der Waals surface area contributed by atoms with Gasteiger partial charge in [0.05, 0.1) is 0 Å². The molecule has 0 aromatic rings. The summed E-state index contributed by atoms with van der Waals surface area (Å²) in [6.07, 6.45) is 11.9. The van der Waals surface area contributed by atoms with Crippen molar-refractivity contribution >= 4 is 12.0 Å². The van der Waals surface area contributed by atoms with Gasteiger partial charge in [0.2, 0.25) is 0 Å². The molecule has 2 aliphatic rings. The van der Waals surface area contributed by atoms with Crippen LogP contribution in [-0.2, 0) is 4.79 Å². The van der Waals surface area contributed by atoms with Crippen LogP contribution in [-0.4, -0.2) is 40.1 Å². The van der Waals surface area contributed by atoms with Crippen molar-refractivity contribution in [2.24, 2.45) is 5.92 Å². The van der Waals surface area contributed by atoms with Crippen molar-refractivity contribution in [2.75, 3.05) is 0 Å². The summed E-state index contributed by atoms with van der Waals surface area (Å²) < 4.78 is 0. The summed E-state index contributed by atoms with van der Waals surface area (Å²) in [4.78, 5) is 26.5. The standard InChI is InChI=1S/C19H34N2O3/c1-14(2)13-17(18(22)23)20-19(24)21(15-9-5-3-6-10-15)16-11-7-4-8-12-16/h14-17H,3-13H2,1-2H3,(H,20,24)(H,22,23). The third-order valence-corrected chi connectivity index (χ3v) is 5.47. The zero-order chi connectivity index (χ0) is 17.5. The van der Waals surface area contributed by atoms with E-state index in [2.05, 4.69) is 5.32 Å². The van der Waals surface area contributed by atoms with Gasteiger partial charge in [-0.05, 0) is 38.0 Å². The molecule has 0 aromatic heterocycles. The zero-order valence-electron chi connectivity index (χ0n) is 15.3. The summed E-state index contributed by atoms with van der Waals surface area (Å²) in [6.45, 7) is 3.98. The van der Waals surface area contributed by atoms with E-state index in [1.54, 1.807) is 0 Å². The molecule has 1 atom stereocenters. The maximum Gasteiger partial charge on any atom is 0.326 e. The second-order valence-electron chi connectivity index (χ2n) is 7.96. The van der Waals surface area contributed by atoms with Crippen molar-refractivity contribution in [3.63, 3.8) is 0 Å². The van der Waals surface area contributed by atoms with Crippen LogP contribution in [0.5, 0.6) is 0 Å². The highest BCUT2D eigenvalue weighted by molar-refractivity contribution is 5.83. The van der Waals surface area contributed by atoms with Crippen molar-refractivity contribution < 1.29 is 14.7 Å². The van der Waals surface area contributed by atoms with Crippen molar-refractivity contribution in [1.29, 1.82) is 0 Å². The molecule has 0 spiro atoms. The fourth-order valence-electron chi connectivity index (χ4n) is 4.26. The number of hydrogen-bond acceptors (Lipinski definition) is 2. The number of nitrogens with one attached hydrogen (secondary N) is 1. The van der Waals surface area contributed by atoms with Crippen LogP contribution in [0.15, 0.2) is 0 Å². The lowest BCUT2D eigenvalue weighted by molar-refractivity contribution is -0.139. The van der Waals surface area contributed by atoms with Crippen LogP contribution in [0.4, 0.5) is 4.79 Å². The highest BCUT2D eigenvalue weighted by Crippen LogP contribution is 2.30. The molecule has 24 heavy (non-hydrogen) atoms. The molecule has 2 fully saturated rings. The van der Waals surface area contributed by atoms with Gasteiger partial charge in [0.1, 0.15) is 6.04 Å². The molecule has 5 heteroatoms. The van der Waals surface area contributed by atoms with Crippen LogP contribution < -0.4 is 5.32 Å². The summed E-state index contributed by atoms with van der Waals surface area (Å²) in [5.74, 6) is -0.687. The normalized spacial score (nSPS) is 21.5. The Morgan fingerprint density at radius 1 is 0.958 bits per heavy atom. The van der Waals surface area contributed by atoms with E-state index in [-0.39, 0.29) is 24.0 Å². The van der Waals surface area contributed by atoms with E-state index in [1.165, 1.54) is 38.5 Å². The van der Waals surface area contributed by atoms with Gasteiger partial charge in [-0.3, -0.25) is 0 Å². The lowest BCUT2D eigenvalue weighted by Gasteiger charge is -2.42. The number of aliphatic carboxylic acids is 1. The molecule has 2 saturated carbocycles. The smallest absolute Gasteiger partial charge is 0.326 e. The zero-order valence-corrected chi connectivity index (χ0v) is 15.3. The Labute approximate surface area is 146 Å². The quantitative estimate of drug-likeness (QED) is 0.764. The molecule has 0 saturated heterocycles. The van der Waals surface area contributed by atoms with E-state index in [1.807, 2.05) is 18.7 Å². The summed E-state index contributed by atoms with van der Waals surface area (Å²) in [6, 6.07) is -0.361. The number of carbonyl (C=O) groups excluding carboxylic acids is 1. The van der Waals surface area contributed by atoms with Gasteiger partial charge in [-0.1, -0.05) is 52.4 Å². The molecule has 138 valence electrons. The first-order valence-electron chi connectivity index (χ1n) is 9.80. The predicted molar refractivity (Wildman–Crippen MR) is 95.0 cm³/mol. The van der Waals surface area contributed by atoms with Crippen LogP contribution in [0.1, 0.15) is 84.5 Å². The highest BCUT2D eigenvalue weighted by Gasteiger charge is 2.34. The minimum atomic E-state index is -0.927. The lowest BCUT2D eigenvalue weighted by Crippen LogP contribution is -2.56. The minimum absolute atomic E-state index is 0.151. The Morgan fingerprint density at radius 3 is 1.79 bits per heavy atom. The fraction of sp³-hybridized carbons (Fsp3) is 0.895. The van der Waals surface area contributed by atoms with Crippen LogP contribution in [0.3, 0.4) is 0 Å². The average molecular weight is 338 g/mol. The highest BCUT2D eigenvalue weighted by atomic mass is 16.4. The lowest BCUT2D eigenvalue weighted by atomic mass is 9.89. The SMILES string of the molecule is CC(C)CC(NC(=O)N(C1CCCCC1)C1CCCCC1)C(=O)O.